The van der Waals surface area contributed by atoms with E-state index in [1.165, 1.54) is 18.2 Å². The predicted molar refractivity (Wildman–Crippen MR) is 120 cm³/mol. The largest absolute Gasteiger partial charge is 0.450 e. The Morgan fingerprint density at radius 2 is 1.71 bits per heavy atom. The minimum absolute atomic E-state index is 0.0962. The van der Waals surface area contributed by atoms with E-state index in [1.807, 2.05) is 0 Å². The molecule has 4 rings (SSSR count). The van der Waals surface area contributed by atoms with Crippen LogP contribution in [0.5, 0.6) is 11.5 Å². The lowest BCUT2D eigenvalue weighted by Gasteiger charge is -2.11. The Labute approximate surface area is 194 Å². The number of halogens is 3. The van der Waals surface area contributed by atoms with Gasteiger partial charge in [-0.25, -0.2) is 4.90 Å². The number of nitro benzene ring substituents is 1. The lowest BCUT2D eigenvalue weighted by molar-refractivity contribution is -0.385. The highest BCUT2D eigenvalue weighted by molar-refractivity contribution is 8.19. The number of rotatable bonds is 5. The highest BCUT2D eigenvalue weighted by Gasteiger charge is 2.36. The van der Waals surface area contributed by atoms with Crippen LogP contribution >= 0.6 is 11.8 Å². The van der Waals surface area contributed by atoms with Gasteiger partial charge in [-0.3, -0.25) is 19.7 Å². The van der Waals surface area contributed by atoms with Crippen molar-refractivity contribution in [3.05, 3.63) is 98.9 Å². The summed E-state index contributed by atoms with van der Waals surface area (Å²) in [6.45, 7) is 0. The van der Waals surface area contributed by atoms with Crippen molar-refractivity contribution in [1.29, 1.82) is 0 Å². The van der Waals surface area contributed by atoms with Crippen LogP contribution in [-0.2, 0) is 11.0 Å². The van der Waals surface area contributed by atoms with E-state index < -0.39 is 33.5 Å². The van der Waals surface area contributed by atoms with E-state index in [9.17, 15) is 32.9 Å². The third-order valence-electron chi connectivity index (χ3n) is 4.67. The van der Waals surface area contributed by atoms with Crippen LogP contribution in [0.15, 0.2) is 77.7 Å². The number of anilines is 1. The molecule has 0 N–H and O–H groups in total. The number of thioether (sulfide) groups is 1. The number of carbonyl (C=O) groups is 2. The molecular formula is C23H13F3N2O5S. The highest BCUT2D eigenvalue weighted by Crippen LogP contribution is 2.39. The lowest BCUT2D eigenvalue weighted by Crippen LogP contribution is -2.27. The average molecular weight is 486 g/mol. The highest BCUT2D eigenvalue weighted by atomic mass is 32.2. The van der Waals surface area contributed by atoms with Gasteiger partial charge in [-0.05, 0) is 59.8 Å². The van der Waals surface area contributed by atoms with Crippen LogP contribution in [0.3, 0.4) is 0 Å². The molecule has 34 heavy (non-hydrogen) atoms. The molecule has 3 aromatic carbocycles. The van der Waals surface area contributed by atoms with E-state index in [1.54, 1.807) is 42.5 Å². The number of nitrogens with zero attached hydrogens (tertiary/aromatic N) is 2. The van der Waals surface area contributed by atoms with Crippen LogP contribution in [0.4, 0.5) is 29.3 Å². The van der Waals surface area contributed by atoms with Crippen LogP contribution in [0.2, 0.25) is 0 Å². The fourth-order valence-corrected chi connectivity index (χ4v) is 3.98. The SMILES string of the molecule is O=C1S/C(=C\c2cccc(Oc3ccc(C(F)(F)F)cc3[N+](=O)[O-])c2)C(=O)N1c1ccccc1. The quantitative estimate of drug-likeness (QED) is 0.228. The van der Waals surface area contributed by atoms with E-state index in [-0.39, 0.29) is 16.4 Å². The van der Waals surface area contributed by atoms with Gasteiger partial charge in [-0.1, -0.05) is 30.3 Å². The fraction of sp³-hybridized carbons (Fsp3) is 0.0435. The molecule has 11 heteroatoms. The summed E-state index contributed by atoms with van der Waals surface area (Å²) in [5.74, 6) is -0.788. The molecular weight excluding hydrogens is 473 g/mol. The van der Waals surface area contributed by atoms with Crippen LogP contribution in [0.25, 0.3) is 6.08 Å². The Morgan fingerprint density at radius 3 is 2.38 bits per heavy atom. The maximum absolute atomic E-state index is 12.9. The maximum atomic E-state index is 12.9. The minimum Gasteiger partial charge on any atom is -0.450 e. The summed E-state index contributed by atoms with van der Waals surface area (Å²) in [6.07, 6.45) is -3.28. The average Bonchev–Trinajstić information content (AvgIpc) is 3.06. The monoisotopic (exact) mass is 486 g/mol. The summed E-state index contributed by atoms with van der Waals surface area (Å²) in [6, 6.07) is 16.4. The first-order valence-electron chi connectivity index (χ1n) is 9.60. The summed E-state index contributed by atoms with van der Waals surface area (Å²) in [7, 11) is 0. The second kappa shape index (κ2) is 9.02. The summed E-state index contributed by atoms with van der Waals surface area (Å²) in [4.78, 5) is 36.6. The normalized spacial score (nSPS) is 15.1. The molecule has 0 unspecified atom stereocenters. The summed E-state index contributed by atoms with van der Waals surface area (Å²) < 4.78 is 44.2. The third kappa shape index (κ3) is 4.79. The van der Waals surface area contributed by atoms with Crippen LogP contribution in [0, 0.1) is 10.1 Å². The molecule has 1 aliphatic rings. The van der Waals surface area contributed by atoms with Crippen LogP contribution in [-0.4, -0.2) is 16.1 Å². The molecule has 0 aliphatic carbocycles. The van der Waals surface area contributed by atoms with Gasteiger partial charge in [-0.2, -0.15) is 13.2 Å². The summed E-state index contributed by atoms with van der Waals surface area (Å²) in [5.41, 5.74) is -1.13. The second-order valence-electron chi connectivity index (χ2n) is 6.96. The molecule has 0 saturated carbocycles. The molecule has 1 aliphatic heterocycles. The van der Waals surface area contributed by atoms with Gasteiger partial charge in [0, 0.05) is 6.07 Å². The second-order valence-corrected chi connectivity index (χ2v) is 7.96. The Bertz CT molecular complexity index is 1330. The van der Waals surface area contributed by atoms with Crippen LogP contribution in [0.1, 0.15) is 11.1 Å². The summed E-state index contributed by atoms with van der Waals surface area (Å²) >= 11 is 0.753. The minimum atomic E-state index is -4.74. The number of carbonyl (C=O) groups excluding carboxylic acids is 2. The number of benzene rings is 3. The van der Waals surface area contributed by atoms with Crippen molar-refractivity contribution in [2.45, 2.75) is 6.18 Å². The first-order chi connectivity index (χ1) is 16.1. The van der Waals surface area contributed by atoms with E-state index in [4.69, 9.17) is 4.74 Å². The van der Waals surface area contributed by atoms with Gasteiger partial charge in [0.05, 0.1) is 21.1 Å². The van der Waals surface area contributed by atoms with E-state index in [0.29, 0.717) is 23.4 Å². The van der Waals surface area contributed by atoms with E-state index in [0.717, 1.165) is 22.7 Å². The fourth-order valence-electron chi connectivity index (χ4n) is 3.14. The molecule has 1 heterocycles. The Kier molecular flexibility index (Phi) is 6.12. The van der Waals surface area contributed by atoms with Crippen LogP contribution < -0.4 is 9.64 Å². The van der Waals surface area contributed by atoms with Crippen molar-refractivity contribution in [1.82, 2.24) is 0 Å². The molecule has 172 valence electrons. The summed E-state index contributed by atoms with van der Waals surface area (Å²) in [5, 5.41) is 10.8. The predicted octanol–water partition coefficient (Wildman–Crippen LogP) is 6.65. The zero-order chi connectivity index (χ0) is 24.5. The molecule has 0 spiro atoms. The molecule has 1 fully saturated rings. The Hall–Kier alpha value is -4.12. The van der Waals surface area contributed by atoms with Gasteiger partial charge in [0.1, 0.15) is 5.75 Å². The topological polar surface area (TPSA) is 89.7 Å². The molecule has 7 nitrogen and oxygen atoms in total. The van der Waals surface area contributed by atoms with Gasteiger partial charge < -0.3 is 4.74 Å². The van der Waals surface area contributed by atoms with Crippen molar-refractivity contribution in [2.75, 3.05) is 4.90 Å². The number of nitro groups is 1. The number of hydrogen-bond acceptors (Lipinski definition) is 6. The number of para-hydroxylation sites is 1. The molecule has 0 aromatic heterocycles. The first-order valence-corrected chi connectivity index (χ1v) is 10.4. The Balaban J connectivity index is 1.60. The zero-order valence-corrected chi connectivity index (χ0v) is 17.8. The lowest BCUT2D eigenvalue weighted by atomic mass is 10.1. The van der Waals surface area contributed by atoms with Gasteiger partial charge in [0.2, 0.25) is 5.75 Å². The van der Waals surface area contributed by atoms with E-state index in [2.05, 4.69) is 0 Å². The van der Waals surface area contributed by atoms with Crippen molar-refractivity contribution in [3.8, 4) is 11.5 Å². The maximum Gasteiger partial charge on any atom is 0.416 e. The zero-order valence-electron chi connectivity index (χ0n) is 17.0. The number of amides is 2. The smallest absolute Gasteiger partial charge is 0.416 e. The third-order valence-corrected chi connectivity index (χ3v) is 5.54. The number of alkyl halides is 3. The molecule has 0 radical (unpaired) electrons. The number of ether oxygens (including phenoxy) is 1. The number of imide groups is 1. The van der Waals surface area contributed by atoms with Crippen molar-refractivity contribution < 1.29 is 32.4 Å². The van der Waals surface area contributed by atoms with Crippen molar-refractivity contribution >= 4 is 40.4 Å². The van der Waals surface area contributed by atoms with Gasteiger partial charge in [0.15, 0.2) is 0 Å². The van der Waals surface area contributed by atoms with E-state index >= 15 is 0 Å². The number of hydrogen-bond donors (Lipinski definition) is 0. The molecule has 0 bridgehead atoms. The first kappa shape index (κ1) is 23.1. The molecule has 1 saturated heterocycles. The van der Waals surface area contributed by atoms with Gasteiger partial charge in [0.25, 0.3) is 11.1 Å². The molecule has 2 amide bonds. The van der Waals surface area contributed by atoms with Gasteiger partial charge >= 0.3 is 11.9 Å². The van der Waals surface area contributed by atoms with Crippen molar-refractivity contribution in [3.63, 3.8) is 0 Å². The molecule has 3 aromatic rings. The Morgan fingerprint density at radius 1 is 0.971 bits per heavy atom. The van der Waals surface area contributed by atoms with Gasteiger partial charge in [-0.15, -0.1) is 0 Å². The standard InChI is InChI=1S/C23H13F3N2O5S/c24-23(25,26)15-9-10-19(18(13-15)28(31)32)33-17-8-4-5-14(11-17)12-20-21(29)27(22(30)34-20)16-6-2-1-3-7-16/h1-13H/b20-12-. The van der Waals surface area contributed by atoms with Crippen molar-refractivity contribution in [2.24, 2.45) is 0 Å². The molecule has 0 atom stereocenters.